The van der Waals surface area contributed by atoms with Crippen LogP contribution in [0.3, 0.4) is 0 Å². The molecule has 0 spiro atoms. The first-order valence-electron chi connectivity index (χ1n) is 6.05. The Morgan fingerprint density at radius 3 is 2.70 bits per heavy atom. The molecule has 108 valence electrons. The number of halogens is 3. The average Bonchev–Trinajstić information content (AvgIpc) is 2.63. The molecule has 0 saturated heterocycles. The van der Waals surface area contributed by atoms with Crippen molar-refractivity contribution in [1.82, 2.24) is 9.55 Å². The fourth-order valence-corrected chi connectivity index (χ4v) is 2.10. The average molecular weight is 286 g/mol. The van der Waals surface area contributed by atoms with Crippen molar-refractivity contribution in [3.63, 3.8) is 0 Å². The van der Waals surface area contributed by atoms with Crippen LogP contribution in [0.4, 0.5) is 13.2 Å². The summed E-state index contributed by atoms with van der Waals surface area (Å²) in [7, 11) is 0. The van der Waals surface area contributed by atoms with E-state index in [1.54, 1.807) is 17.6 Å². The molecule has 1 N–H and O–H groups in total. The van der Waals surface area contributed by atoms with E-state index in [2.05, 4.69) is 4.98 Å². The van der Waals surface area contributed by atoms with Gasteiger partial charge in [0, 0.05) is 13.0 Å². The van der Waals surface area contributed by atoms with Gasteiger partial charge in [-0.3, -0.25) is 0 Å². The third-order valence-corrected chi connectivity index (χ3v) is 3.03. The Balaban J connectivity index is 2.25. The predicted octanol–water partition coefficient (Wildman–Crippen LogP) is 3.39. The molecule has 0 aliphatic heterocycles. The Hall–Kier alpha value is -2.05. The third-order valence-electron chi connectivity index (χ3n) is 3.03. The van der Waals surface area contributed by atoms with Gasteiger partial charge in [0.2, 0.25) is 0 Å². The quantitative estimate of drug-likeness (QED) is 0.937. The summed E-state index contributed by atoms with van der Waals surface area (Å²) in [5.74, 6) is -0.485. The number of aryl methyl sites for hydroxylation is 2. The Morgan fingerprint density at radius 2 is 2.10 bits per heavy atom. The van der Waals surface area contributed by atoms with Crippen molar-refractivity contribution in [2.24, 2.45) is 0 Å². The highest BCUT2D eigenvalue weighted by Gasteiger charge is 2.26. The summed E-state index contributed by atoms with van der Waals surface area (Å²) in [5.41, 5.74) is 1.24. The monoisotopic (exact) mass is 286 g/mol. The van der Waals surface area contributed by atoms with Crippen LogP contribution in [-0.4, -0.2) is 26.8 Å². The van der Waals surface area contributed by atoms with Gasteiger partial charge in [-0.05, 0) is 31.5 Å². The van der Waals surface area contributed by atoms with E-state index < -0.39 is 18.6 Å². The number of hydrogen-bond donors (Lipinski definition) is 1. The third kappa shape index (κ3) is 3.09. The lowest BCUT2D eigenvalue weighted by molar-refractivity contribution is -0.135. The fraction of sp³-hybridized carbons (Fsp3) is 0.385. The van der Waals surface area contributed by atoms with E-state index in [-0.39, 0.29) is 18.5 Å². The van der Waals surface area contributed by atoms with Crippen LogP contribution < -0.4 is 0 Å². The number of carboxylic acid groups (broad SMARTS) is 1. The summed E-state index contributed by atoms with van der Waals surface area (Å²) in [5, 5.41) is 8.89. The first-order valence-corrected chi connectivity index (χ1v) is 6.05. The molecule has 0 bridgehead atoms. The van der Waals surface area contributed by atoms with Crippen LogP contribution in [0.15, 0.2) is 18.2 Å². The zero-order chi connectivity index (χ0) is 14.9. The molecule has 2 aromatic rings. The standard InChI is InChI=1S/C13H13F3N2O2/c1-8-17-10-7-9(12(19)20)3-4-11(10)18(8)6-2-5-13(14,15)16/h3-4,7H,2,5-6H2,1H3,(H,19,20). The van der Waals surface area contributed by atoms with Gasteiger partial charge in [0.1, 0.15) is 5.82 Å². The normalized spacial score (nSPS) is 12.0. The van der Waals surface area contributed by atoms with Gasteiger partial charge in [-0.2, -0.15) is 13.2 Å². The van der Waals surface area contributed by atoms with Crippen molar-refractivity contribution in [1.29, 1.82) is 0 Å². The summed E-state index contributed by atoms with van der Waals surface area (Å²) in [6, 6.07) is 4.42. The van der Waals surface area contributed by atoms with Gasteiger partial charge in [0.15, 0.2) is 0 Å². The molecule has 0 unspecified atom stereocenters. The number of fused-ring (bicyclic) bond motifs is 1. The number of hydrogen-bond acceptors (Lipinski definition) is 2. The van der Waals surface area contributed by atoms with Crippen LogP contribution in [0.25, 0.3) is 11.0 Å². The molecular formula is C13H13F3N2O2. The van der Waals surface area contributed by atoms with Crippen molar-refractivity contribution < 1.29 is 23.1 Å². The number of nitrogens with zero attached hydrogens (tertiary/aromatic N) is 2. The molecule has 0 aliphatic carbocycles. The highest BCUT2D eigenvalue weighted by Crippen LogP contribution is 2.23. The van der Waals surface area contributed by atoms with Crippen LogP contribution in [-0.2, 0) is 6.54 Å². The van der Waals surface area contributed by atoms with E-state index in [1.807, 2.05) is 0 Å². The summed E-state index contributed by atoms with van der Waals surface area (Å²) < 4.78 is 38.1. The van der Waals surface area contributed by atoms with Gasteiger partial charge in [-0.1, -0.05) is 0 Å². The zero-order valence-corrected chi connectivity index (χ0v) is 10.7. The molecule has 4 nitrogen and oxygen atoms in total. The minimum Gasteiger partial charge on any atom is -0.478 e. The van der Waals surface area contributed by atoms with Gasteiger partial charge >= 0.3 is 12.1 Å². The summed E-state index contributed by atoms with van der Waals surface area (Å²) >= 11 is 0. The van der Waals surface area contributed by atoms with Crippen molar-refractivity contribution in [2.45, 2.75) is 32.5 Å². The smallest absolute Gasteiger partial charge is 0.389 e. The molecular weight excluding hydrogens is 273 g/mol. The second-order valence-electron chi connectivity index (χ2n) is 4.54. The maximum atomic E-state index is 12.2. The molecule has 0 atom stereocenters. The largest absolute Gasteiger partial charge is 0.478 e. The number of imidazole rings is 1. The first kappa shape index (κ1) is 14.4. The Kier molecular flexibility index (Phi) is 3.69. The Morgan fingerprint density at radius 1 is 1.40 bits per heavy atom. The van der Waals surface area contributed by atoms with Crippen LogP contribution in [0.1, 0.15) is 29.0 Å². The molecule has 1 heterocycles. The van der Waals surface area contributed by atoms with Crippen molar-refractivity contribution >= 4 is 17.0 Å². The summed E-state index contributed by atoms with van der Waals surface area (Å²) in [6.07, 6.45) is -5.05. The van der Waals surface area contributed by atoms with Crippen molar-refractivity contribution in [3.05, 3.63) is 29.6 Å². The van der Waals surface area contributed by atoms with Gasteiger partial charge in [-0.15, -0.1) is 0 Å². The number of carbonyl (C=O) groups is 1. The molecule has 2 rings (SSSR count). The van der Waals surface area contributed by atoms with E-state index in [0.29, 0.717) is 16.9 Å². The zero-order valence-electron chi connectivity index (χ0n) is 10.7. The second-order valence-corrected chi connectivity index (χ2v) is 4.54. The van der Waals surface area contributed by atoms with E-state index in [1.165, 1.54) is 12.1 Å². The highest BCUT2D eigenvalue weighted by atomic mass is 19.4. The van der Waals surface area contributed by atoms with Crippen LogP contribution in [0.2, 0.25) is 0 Å². The number of alkyl halides is 3. The van der Waals surface area contributed by atoms with Crippen LogP contribution in [0.5, 0.6) is 0 Å². The van der Waals surface area contributed by atoms with Gasteiger partial charge in [-0.25, -0.2) is 9.78 Å². The molecule has 7 heteroatoms. The van der Waals surface area contributed by atoms with Crippen molar-refractivity contribution in [3.8, 4) is 0 Å². The molecule has 1 aromatic heterocycles. The fourth-order valence-electron chi connectivity index (χ4n) is 2.10. The maximum absolute atomic E-state index is 12.2. The second kappa shape index (κ2) is 5.15. The van der Waals surface area contributed by atoms with E-state index in [4.69, 9.17) is 5.11 Å². The van der Waals surface area contributed by atoms with Gasteiger partial charge in [0.25, 0.3) is 0 Å². The lowest BCUT2D eigenvalue weighted by atomic mass is 10.2. The predicted molar refractivity (Wildman–Crippen MR) is 66.7 cm³/mol. The van der Waals surface area contributed by atoms with Crippen LogP contribution in [0, 0.1) is 6.92 Å². The minimum atomic E-state index is -4.17. The van der Waals surface area contributed by atoms with Crippen molar-refractivity contribution in [2.75, 3.05) is 0 Å². The van der Waals surface area contributed by atoms with Gasteiger partial charge in [0.05, 0.1) is 16.6 Å². The Labute approximate surface area is 112 Å². The number of aromatic nitrogens is 2. The maximum Gasteiger partial charge on any atom is 0.389 e. The molecule has 0 radical (unpaired) electrons. The molecule has 0 saturated carbocycles. The molecule has 20 heavy (non-hydrogen) atoms. The topological polar surface area (TPSA) is 55.1 Å². The highest BCUT2D eigenvalue weighted by molar-refractivity contribution is 5.92. The summed E-state index contributed by atoms with van der Waals surface area (Å²) in [6.45, 7) is 1.89. The van der Waals surface area contributed by atoms with Gasteiger partial charge < -0.3 is 9.67 Å². The SMILES string of the molecule is Cc1nc2cc(C(=O)O)ccc2n1CCCC(F)(F)F. The Bertz CT molecular complexity index is 647. The lowest BCUT2D eigenvalue weighted by Gasteiger charge is -2.09. The van der Waals surface area contributed by atoms with E-state index in [0.717, 1.165) is 0 Å². The number of rotatable bonds is 4. The number of benzene rings is 1. The number of aromatic carboxylic acids is 1. The molecule has 0 fully saturated rings. The first-order chi connectivity index (χ1) is 9.28. The summed E-state index contributed by atoms with van der Waals surface area (Å²) in [4.78, 5) is 15.0. The number of carboxylic acids is 1. The molecule has 0 aliphatic rings. The lowest BCUT2D eigenvalue weighted by Crippen LogP contribution is -2.10. The molecule has 1 aromatic carbocycles. The van der Waals surface area contributed by atoms with E-state index >= 15 is 0 Å². The van der Waals surface area contributed by atoms with E-state index in [9.17, 15) is 18.0 Å². The molecule has 0 amide bonds. The minimum absolute atomic E-state index is 0.0313. The van der Waals surface area contributed by atoms with Crippen LogP contribution >= 0.6 is 0 Å².